The van der Waals surface area contributed by atoms with Crippen molar-refractivity contribution < 1.29 is 85.5 Å². The maximum Gasteiger partial charge on any atom is 0.397 e. The number of aliphatic hydroxyl groups excluding tert-OH is 5. The number of hydrogen-bond acceptors (Lipinski definition) is 19. The molecule has 5 fully saturated rings. The van der Waals surface area contributed by atoms with Gasteiger partial charge in [-0.05, 0) is 57.3 Å². The van der Waals surface area contributed by atoms with Gasteiger partial charge in [-0.15, -0.1) is 5.10 Å². The van der Waals surface area contributed by atoms with Crippen molar-refractivity contribution in [1.29, 1.82) is 0 Å². The Hall–Kier alpha value is -3.31. The van der Waals surface area contributed by atoms with Crippen molar-refractivity contribution >= 4 is 33.9 Å². The number of ketones is 1. The van der Waals surface area contributed by atoms with Gasteiger partial charge in [0, 0.05) is 45.4 Å². The highest BCUT2D eigenvalue weighted by molar-refractivity contribution is 7.80. The van der Waals surface area contributed by atoms with Gasteiger partial charge >= 0.3 is 10.4 Å². The summed E-state index contributed by atoms with van der Waals surface area (Å²) >= 11 is 0. The van der Waals surface area contributed by atoms with Crippen LogP contribution in [0.4, 0.5) is 0 Å². The summed E-state index contributed by atoms with van der Waals surface area (Å²) in [6.45, 7) is 5.06. The number of likely N-dealkylation sites (tertiary alicyclic amines) is 1. The van der Waals surface area contributed by atoms with Crippen LogP contribution in [0.15, 0.2) is 6.20 Å². The van der Waals surface area contributed by atoms with Crippen LogP contribution in [0.1, 0.15) is 115 Å². The number of nitrogens with one attached hydrogen (secondary N) is 2. The molecule has 6 rings (SSSR count). The fraction of sp³-hybridized carbons (Fsp3) is 0.864. The SMILES string of the molecule is CCC1CC(C(=O)CCCNC(=O)c2cn(CCCOS(=O)(=O)O)nn2)C[C@@H](O[C@@H]2O[C@@H](CO)[C@H](O)C(O[C@@H](CC3CCCCC3)C(=O)N3CCC3)C2NC(C)=O)[C@@H]1O[C@@H]1OC(C)[C@@H](O)[C@H](O)C1O. The van der Waals surface area contributed by atoms with E-state index in [4.69, 9.17) is 28.2 Å². The Bertz CT molecular complexity index is 1950. The number of rotatable bonds is 23. The first kappa shape index (κ1) is 55.0. The Balaban J connectivity index is 1.19. The van der Waals surface area contributed by atoms with Crippen molar-refractivity contribution in [3.63, 3.8) is 0 Å². The first-order chi connectivity index (χ1) is 32.9. The summed E-state index contributed by atoms with van der Waals surface area (Å²) in [5.74, 6) is -2.33. The Morgan fingerprint density at radius 3 is 2.32 bits per heavy atom. The number of hydrogen-bond donors (Lipinski definition) is 8. The van der Waals surface area contributed by atoms with Crippen molar-refractivity contribution in [3.8, 4) is 0 Å². The molecule has 2 saturated carbocycles. The van der Waals surface area contributed by atoms with Crippen molar-refractivity contribution in [2.75, 3.05) is 32.8 Å². The first-order valence-electron chi connectivity index (χ1n) is 24.4. The molecular formula is C44H72N6O18S. The number of aliphatic hydroxyl groups is 5. The lowest BCUT2D eigenvalue weighted by Crippen LogP contribution is -2.67. The molecule has 2 aliphatic carbocycles. The molecule has 392 valence electrons. The van der Waals surface area contributed by atoms with E-state index in [0.29, 0.717) is 32.4 Å². The fourth-order valence-electron chi connectivity index (χ4n) is 10.0. The molecule has 15 atom stereocenters. The van der Waals surface area contributed by atoms with Crippen LogP contribution >= 0.6 is 0 Å². The number of ether oxygens (including phenoxy) is 5. The zero-order valence-electron chi connectivity index (χ0n) is 39.5. The molecule has 3 saturated heterocycles. The highest BCUT2D eigenvalue weighted by Crippen LogP contribution is 2.41. The second kappa shape index (κ2) is 25.4. The van der Waals surface area contributed by atoms with E-state index in [0.717, 1.165) is 38.5 Å². The van der Waals surface area contributed by atoms with E-state index in [1.807, 2.05) is 6.92 Å². The van der Waals surface area contributed by atoms with Gasteiger partial charge in [-0.3, -0.25) is 28.4 Å². The molecule has 3 amide bonds. The van der Waals surface area contributed by atoms with Gasteiger partial charge in [0.25, 0.3) is 11.8 Å². The van der Waals surface area contributed by atoms with Gasteiger partial charge in [-0.1, -0.05) is 50.7 Å². The van der Waals surface area contributed by atoms with Crippen LogP contribution < -0.4 is 10.6 Å². The predicted molar refractivity (Wildman–Crippen MR) is 238 cm³/mol. The van der Waals surface area contributed by atoms with E-state index in [9.17, 15) is 53.1 Å². The zero-order valence-corrected chi connectivity index (χ0v) is 40.3. The summed E-state index contributed by atoms with van der Waals surface area (Å²) in [6.07, 6.45) is -6.79. The number of aryl methyl sites for hydroxylation is 1. The number of Topliss-reactive ketones (excluding diaryl/α,β-unsaturated/α-hetero) is 1. The predicted octanol–water partition coefficient (Wildman–Crippen LogP) is -0.860. The maximum atomic E-state index is 14.1. The maximum absolute atomic E-state index is 14.1. The van der Waals surface area contributed by atoms with Crippen molar-refractivity contribution in [2.45, 2.75) is 190 Å². The zero-order chi connectivity index (χ0) is 50.0. The van der Waals surface area contributed by atoms with Crippen LogP contribution in [0.5, 0.6) is 0 Å². The number of amides is 3. The number of nitrogens with zero attached hydrogens (tertiary/aromatic N) is 4. The van der Waals surface area contributed by atoms with E-state index in [1.165, 1.54) is 24.7 Å². The average molecular weight is 1010 g/mol. The summed E-state index contributed by atoms with van der Waals surface area (Å²) in [7, 11) is -4.58. The lowest BCUT2D eigenvalue weighted by Gasteiger charge is -2.49. The largest absolute Gasteiger partial charge is 0.397 e. The molecule has 4 heterocycles. The van der Waals surface area contributed by atoms with Crippen LogP contribution in [0, 0.1) is 17.8 Å². The quantitative estimate of drug-likeness (QED) is 0.0488. The minimum Gasteiger partial charge on any atom is -0.394 e. The minimum atomic E-state index is -4.58. The van der Waals surface area contributed by atoms with Gasteiger partial charge in [-0.25, -0.2) is 4.18 Å². The van der Waals surface area contributed by atoms with Gasteiger partial charge < -0.3 is 64.8 Å². The summed E-state index contributed by atoms with van der Waals surface area (Å²) in [4.78, 5) is 55.5. The van der Waals surface area contributed by atoms with E-state index in [-0.39, 0.29) is 68.7 Å². The molecule has 0 bridgehead atoms. The molecule has 1 aromatic heterocycles. The summed E-state index contributed by atoms with van der Waals surface area (Å²) in [5.41, 5.74) is -0.0156. The molecular weight excluding hydrogens is 933 g/mol. The number of aromatic nitrogens is 3. The normalized spacial score (nSPS) is 33.8. The molecule has 5 aliphatic rings. The van der Waals surface area contributed by atoms with Gasteiger partial charge in [-0.2, -0.15) is 8.42 Å². The molecule has 0 aromatic carbocycles. The van der Waals surface area contributed by atoms with E-state index in [1.54, 1.807) is 4.90 Å². The first-order valence-corrected chi connectivity index (χ1v) is 25.7. The van der Waals surface area contributed by atoms with Crippen LogP contribution in [0.3, 0.4) is 0 Å². The van der Waals surface area contributed by atoms with Crippen LogP contribution in [-0.4, -0.2) is 194 Å². The Kier molecular flexibility index (Phi) is 20.2. The monoisotopic (exact) mass is 1000 g/mol. The van der Waals surface area contributed by atoms with Crippen LogP contribution in [0.25, 0.3) is 0 Å². The molecule has 1 aromatic rings. The molecule has 8 N–H and O–H groups in total. The van der Waals surface area contributed by atoms with Crippen LogP contribution in [-0.2, 0) is 59.2 Å². The van der Waals surface area contributed by atoms with Crippen LogP contribution in [0.2, 0.25) is 0 Å². The van der Waals surface area contributed by atoms with Crippen molar-refractivity contribution in [3.05, 3.63) is 11.9 Å². The number of carbonyl (C=O) groups is 4. The third kappa shape index (κ3) is 14.9. The molecule has 0 spiro atoms. The van der Waals surface area contributed by atoms with Crippen molar-refractivity contribution in [1.82, 2.24) is 30.5 Å². The topological polar surface area (TPSA) is 337 Å². The molecule has 3 aliphatic heterocycles. The molecule has 69 heavy (non-hydrogen) atoms. The standard InChI is InChI=1S/C44H72N6O18S/c1-4-27-20-28(30(53)13-8-14-45-41(58)29-22-50(48-47-29)17-10-18-63-69(60,61)62)21-31(39(27)68-44-38(57)37(56)35(54)24(2)64-44)66-43-34(46-25(3)52)40(36(55)33(23-51)67-43)65-32(42(59)49-15-9-16-49)19-26-11-6-5-7-12-26/h22,24,26-28,31-40,43-44,51,54-57H,4-21,23H2,1-3H3,(H,45,58)(H,46,52)(H,60,61,62)/t24?,27?,28?,31-,32+,33+,34?,35-,36+,37+,38?,39-,40?,43-,44+/m1/s1. The molecule has 24 nitrogen and oxygen atoms in total. The second-order valence-electron chi connectivity index (χ2n) is 19.0. The van der Waals surface area contributed by atoms with E-state index < -0.39 is 120 Å². The minimum absolute atomic E-state index is 0.0156. The van der Waals surface area contributed by atoms with Crippen molar-refractivity contribution in [2.24, 2.45) is 17.8 Å². The van der Waals surface area contributed by atoms with Gasteiger partial charge in [0.2, 0.25) is 5.91 Å². The Morgan fingerprint density at radius 1 is 0.928 bits per heavy atom. The summed E-state index contributed by atoms with van der Waals surface area (Å²) in [5, 5.41) is 67.7. The van der Waals surface area contributed by atoms with Gasteiger partial charge in [0.05, 0.1) is 37.7 Å². The fourth-order valence-corrected chi connectivity index (χ4v) is 10.4. The molecule has 0 radical (unpaired) electrons. The van der Waals surface area contributed by atoms with E-state index in [2.05, 4.69) is 25.1 Å². The summed E-state index contributed by atoms with van der Waals surface area (Å²) in [6, 6.07) is -1.24. The highest BCUT2D eigenvalue weighted by Gasteiger charge is 2.53. The van der Waals surface area contributed by atoms with Gasteiger partial charge in [0.15, 0.2) is 18.3 Å². The molecule has 6 unspecified atom stereocenters. The Labute approximate surface area is 402 Å². The lowest BCUT2D eigenvalue weighted by atomic mass is 9.74. The Morgan fingerprint density at radius 2 is 1.67 bits per heavy atom. The summed E-state index contributed by atoms with van der Waals surface area (Å²) < 4.78 is 67.8. The average Bonchev–Trinajstić information content (AvgIpc) is 3.78. The lowest BCUT2D eigenvalue weighted by molar-refractivity contribution is -0.338. The third-order valence-electron chi connectivity index (χ3n) is 14.0. The number of carbonyl (C=O) groups excluding carboxylic acids is 4. The van der Waals surface area contributed by atoms with E-state index >= 15 is 0 Å². The van der Waals surface area contributed by atoms with Gasteiger partial charge in [0.1, 0.15) is 54.6 Å². The molecule has 25 heteroatoms. The second-order valence-corrected chi connectivity index (χ2v) is 20.1. The third-order valence-corrected chi connectivity index (χ3v) is 14.5. The smallest absolute Gasteiger partial charge is 0.394 e. The highest BCUT2D eigenvalue weighted by atomic mass is 32.3.